The third-order valence-corrected chi connectivity index (χ3v) is 3.99. The summed E-state index contributed by atoms with van der Waals surface area (Å²) in [4.78, 5) is 12.1. The fourth-order valence-electron chi connectivity index (χ4n) is 2.29. The minimum absolute atomic E-state index is 0.0820. The highest BCUT2D eigenvalue weighted by molar-refractivity contribution is 6.35. The molecule has 1 aliphatic carbocycles. The second kappa shape index (κ2) is 6.44. The molecule has 2 rings (SSSR count). The van der Waals surface area contributed by atoms with Crippen LogP contribution >= 0.6 is 23.2 Å². The van der Waals surface area contributed by atoms with Crippen molar-refractivity contribution in [2.75, 3.05) is 0 Å². The average Bonchev–Trinajstić information content (AvgIpc) is 2.39. The Morgan fingerprint density at radius 3 is 2.79 bits per heavy atom. The second-order valence-electron chi connectivity index (χ2n) is 4.88. The number of carbonyl (C=O) groups is 1. The Labute approximate surface area is 123 Å². The predicted octanol–water partition coefficient (Wildman–Crippen LogP) is 4.53. The highest BCUT2D eigenvalue weighted by Crippen LogP contribution is 2.27. The van der Waals surface area contributed by atoms with E-state index < -0.39 is 0 Å². The molecule has 2 atom stereocenters. The van der Waals surface area contributed by atoms with E-state index in [4.69, 9.17) is 23.2 Å². The maximum absolute atomic E-state index is 12.1. The van der Waals surface area contributed by atoms with Crippen molar-refractivity contribution in [1.29, 1.82) is 0 Å². The van der Waals surface area contributed by atoms with Gasteiger partial charge in [0.15, 0.2) is 0 Å². The fourth-order valence-corrected chi connectivity index (χ4v) is 2.87. The predicted molar refractivity (Wildman–Crippen MR) is 79.5 cm³/mol. The molecule has 0 bridgehead atoms. The first kappa shape index (κ1) is 14.4. The van der Waals surface area contributed by atoms with Crippen LogP contribution in [0.15, 0.2) is 30.4 Å². The topological polar surface area (TPSA) is 29.1 Å². The van der Waals surface area contributed by atoms with Gasteiger partial charge in [0, 0.05) is 16.0 Å². The van der Waals surface area contributed by atoms with E-state index in [-0.39, 0.29) is 17.9 Å². The Hall–Kier alpha value is -0.990. The van der Waals surface area contributed by atoms with Crippen LogP contribution in [-0.2, 0) is 4.79 Å². The molecule has 0 radical (unpaired) electrons. The molecule has 1 aliphatic rings. The zero-order valence-electron chi connectivity index (χ0n) is 10.8. The molecule has 0 heterocycles. The van der Waals surface area contributed by atoms with Crippen molar-refractivity contribution in [3.8, 4) is 0 Å². The van der Waals surface area contributed by atoms with Gasteiger partial charge in [-0.25, -0.2) is 0 Å². The molecule has 1 amide bonds. The van der Waals surface area contributed by atoms with Crippen molar-refractivity contribution >= 4 is 29.1 Å². The van der Waals surface area contributed by atoms with Crippen LogP contribution in [0.2, 0.25) is 10.0 Å². The van der Waals surface area contributed by atoms with Crippen molar-refractivity contribution in [2.45, 2.75) is 32.2 Å². The summed E-state index contributed by atoms with van der Waals surface area (Å²) >= 11 is 12.0. The van der Waals surface area contributed by atoms with Gasteiger partial charge >= 0.3 is 0 Å². The van der Waals surface area contributed by atoms with Gasteiger partial charge in [0.2, 0.25) is 5.91 Å². The highest BCUT2D eigenvalue weighted by atomic mass is 35.5. The van der Waals surface area contributed by atoms with Gasteiger partial charge in [-0.15, -0.1) is 0 Å². The fraction of sp³-hybridized carbons (Fsp3) is 0.400. The molecule has 1 aromatic carbocycles. The summed E-state index contributed by atoms with van der Waals surface area (Å²) in [7, 11) is 0. The van der Waals surface area contributed by atoms with Crippen molar-refractivity contribution in [3.05, 3.63) is 46.0 Å². The molecular weight excluding hydrogens is 281 g/mol. The molecule has 0 saturated carbocycles. The number of rotatable bonds is 3. The number of amides is 1. The van der Waals surface area contributed by atoms with E-state index in [1.165, 1.54) is 0 Å². The first-order valence-electron chi connectivity index (χ1n) is 6.48. The molecule has 102 valence electrons. The Morgan fingerprint density at radius 1 is 1.37 bits per heavy atom. The van der Waals surface area contributed by atoms with Crippen LogP contribution in [-0.4, -0.2) is 5.91 Å². The monoisotopic (exact) mass is 297 g/mol. The van der Waals surface area contributed by atoms with Crippen molar-refractivity contribution < 1.29 is 4.79 Å². The maximum atomic E-state index is 12.1. The first-order chi connectivity index (χ1) is 9.08. The van der Waals surface area contributed by atoms with Crippen LogP contribution in [0.25, 0.3) is 0 Å². The van der Waals surface area contributed by atoms with E-state index in [0.29, 0.717) is 10.0 Å². The summed E-state index contributed by atoms with van der Waals surface area (Å²) in [6, 6.07) is 5.23. The lowest BCUT2D eigenvalue weighted by Gasteiger charge is -2.21. The Kier molecular flexibility index (Phi) is 4.89. The molecular formula is C15H17Cl2NO. The molecule has 0 aliphatic heterocycles. The van der Waals surface area contributed by atoms with Crippen LogP contribution in [0.5, 0.6) is 0 Å². The van der Waals surface area contributed by atoms with E-state index in [1.54, 1.807) is 12.1 Å². The normalized spacial score (nSPS) is 20.1. The third kappa shape index (κ3) is 3.74. The largest absolute Gasteiger partial charge is 0.349 e. The highest BCUT2D eigenvalue weighted by Gasteiger charge is 2.21. The van der Waals surface area contributed by atoms with Gasteiger partial charge in [-0.2, -0.15) is 0 Å². The number of allylic oxidation sites excluding steroid dienone is 2. The summed E-state index contributed by atoms with van der Waals surface area (Å²) in [5.41, 5.74) is 0.894. The van der Waals surface area contributed by atoms with Gasteiger partial charge in [0.05, 0.1) is 6.04 Å². The summed E-state index contributed by atoms with van der Waals surface area (Å²) in [6.45, 7) is 1.94. The molecule has 19 heavy (non-hydrogen) atoms. The number of hydrogen-bond acceptors (Lipinski definition) is 1. The smallest absolute Gasteiger partial charge is 0.223 e. The van der Waals surface area contributed by atoms with Gasteiger partial charge in [0.25, 0.3) is 0 Å². The second-order valence-corrected chi connectivity index (χ2v) is 5.72. The molecule has 1 aromatic rings. The lowest BCUT2D eigenvalue weighted by molar-refractivity contribution is -0.125. The molecule has 0 spiro atoms. The van der Waals surface area contributed by atoms with E-state index >= 15 is 0 Å². The number of nitrogens with one attached hydrogen (secondary N) is 1. The Balaban J connectivity index is 2.02. The standard InChI is InChI=1S/C15H17Cl2NO/c1-10(13-8-7-12(16)9-14(13)17)18-15(19)11-5-3-2-4-6-11/h2-3,7-11H,4-6H2,1H3,(H,18,19)/t10-,11+/m0/s1. The molecule has 2 nitrogen and oxygen atoms in total. The molecule has 0 aromatic heterocycles. The SMILES string of the molecule is C[C@H](NC(=O)[C@@H]1CC=CCC1)c1ccc(Cl)cc1Cl. The van der Waals surface area contributed by atoms with E-state index in [1.807, 2.05) is 13.0 Å². The Bertz CT molecular complexity index is 499. The minimum atomic E-state index is -0.108. The minimum Gasteiger partial charge on any atom is -0.349 e. The zero-order valence-corrected chi connectivity index (χ0v) is 12.3. The van der Waals surface area contributed by atoms with Crippen LogP contribution in [0.4, 0.5) is 0 Å². The van der Waals surface area contributed by atoms with Crippen LogP contribution < -0.4 is 5.32 Å². The average molecular weight is 298 g/mol. The quantitative estimate of drug-likeness (QED) is 0.816. The van der Waals surface area contributed by atoms with Crippen LogP contribution in [0.1, 0.15) is 37.8 Å². The molecule has 0 fully saturated rings. The van der Waals surface area contributed by atoms with Gasteiger partial charge < -0.3 is 5.32 Å². The maximum Gasteiger partial charge on any atom is 0.223 e. The van der Waals surface area contributed by atoms with Gasteiger partial charge in [-0.1, -0.05) is 41.4 Å². The molecule has 4 heteroatoms. The van der Waals surface area contributed by atoms with E-state index in [9.17, 15) is 4.79 Å². The van der Waals surface area contributed by atoms with E-state index in [2.05, 4.69) is 17.5 Å². The van der Waals surface area contributed by atoms with Gasteiger partial charge in [-0.05, 0) is 43.9 Å². The summed E-state index contributed by atoms with van der Waals surface area (Å²) in [5, 5.41) is 4.21. The number of benzene rings is 1. The van der Waals surface area contributed by atoms with Gasteiger partial charge in [0.1, 0.15) is 0 Å². The number of halogens is 2. The van der Waals surface area contributed by atoms with Crippen LogP contribution in [0.3, 0.4) is 0 Å². The molecule has 1 N–H and O–H groups in total. The van der Waals surface area contributed by atoms with Gasteiger partial charge in [-0.3, -0.25) is 4.79 Å². The summed E-state index contributed by atoms with van der Waals surface area (Å²) in [6.07, 6.45) is 6.93. The lowest BCUT2D eigenvalue weighted by atomic mass is 9.93. The molecule has 0 saturated heterocycles. The summed E-state index contributed by atoms with van der Waals surface area (Å²) < 4.78 is 0. The van der Waals surface area contributed by atoms with Crippen LogP contribution in [0, 0.1) is 5.92 Å². The number of carbonyl (C=O) groups excluding carboxylic acids is 1. The third-order valence-electron chi connectivity index (χ3n) is 3.43. The summed E-state index contributed by atoms with van der Waals surface area (Å²) in [5.74, 6) is 0.182. The van der Waals surface area contributed by atoms with Crippen molar-refractivity contribution in [3.63, 3.8) is 0 Å². The molecule has 0 unspecified atom stereocenters. The Morgan fingerprint density at radius 2 is 2.16 bits per heavy atom. The first-order valence-corrected chi connectivity index (χ1v) is 7.24. The van der Waals surface area contributed by atoms with Crippen molar-refractivity contribution in [2.24, 2.45) is 5.92 Å². The zero-order chi connectivity index (χ0) is 13.8. The van der Waals surface area contributed by atoms with E-state index in [0.717, 1.165) is 24.8 Å². The number of hydrogen-bond donors (Lipinski definition) is 1. The van der Waals surface area contributed by atoms with Crippen molar-refractivity contribution in [1.82, 2.24) is 5.32 Å². The lowest BCUT2D eigenvalue weighted by Crippen LogP contribution is -2.33.